The molecule has 40 heavy (non-hydrogen) atoms. The molecule has 212 valence electrons. The van der Waals surface area contributed by atoms with E-state index >= 15 is 0 Å². The molecule has 3 aliphatic heterocycles. The largest absolute Gasteiger partial charge is 0.486 e. The van der Waals surface area contributed by atoms with Gasteiger partial charge in [-0.25, -0.2) is 9.78 Å². The standard InChI is InChI=1S/C31H40N6O3/c1-20-14-22(21-7-11-36(12-8-21)24-9-13-37(18-24)30(38)40-31(2,3)4)15-27-28(20)39-19-26-25(6-10-32-29(26)34-27)23-16-33-35(5)17-23/h6,10,14-17,21,24H,7-9,11-13,18-19H2,1-5H3,(H,32,34). The minimum Gasteiger partial charge on any atom is -0.486 e. The Bertz CT molecular complexity index is 1400. The lowest BCUT2D eigenvalue weighted by Gasteiger charge is -2.36. The van der Waals surface area contributed by atoms with E-state index in [4.69, 9.17) is 9.47 Å². The molecule has 1 aromatic carbocycles. The van der Waals surface area contributed by atoms with Crippen LogP contribution in [0, 0.1) is 6.92 Å². The highest BCUT2D eigenvalue weighted by Crippen LogP contribution is 2.42. The molecule has 5 heterocycles. The lowest BCUT2D eigenvalue weighted by atomic mass is 9.87. The Balaban J connectivity index is 1.13. The average molecular weight is 545 g/mol. The number of rotatable bonds is 3. The van der Waals surface area contributed by atoms with Gasteiger partial charge in [-0.1, -0.05) is 6.07 Å². The van der Waals surface area contributed by atoms with Gasteiger partial charge in [0.15, 0.2) is 0 Å². The van der Waals surface area contributed by atoms with Crippen LogP contribution >= 0.6 is 0 Å². The molecule has 9 nitrogen and oxygen atoms in total. The third kappa shape index (κ3) is 5.39. The summed E-state index contributed by atoms with van der Waals surface area (Å²) in [4.78, 5) is 21.6. The second-order valence-corrected chi connectivity index (χ2v) is 12.4. The van der Waals surface area contributed by atoms with Gasteiger partial charge in [0.2, 0.25) is 0 Å². The zero-order valence-electron chi connectivity index (χ0n) is 24.2. The molecule has 2 aromatic heterocycles. The first-order valence-corrected chi connectivity index (χ1v) is 14.4. The van der Waals surface area contributed by atoms with Crippen molar-refractivity contribution in [2.75, 3.05) is 31.5 Å². The number of aryl methyl sites for hydroxylation is 2. The minimum atomic E-state index is -0.459. The molecule has 6 rings (SSSR count). The molecule has 9 heteroatoms. The summed E-state index contributed by atoms with van der Waals surface area (Å²) in [6, 6.07) is 7.00. The highest BCUT2D eigenvalue weighted by atomic mass is 16.6. The number of fused-ring (bicyclic) bond motifs is 2. The summed E-state index contributed by atoms with van der Waals surface area (Å²) < 4.78 is 13.8. The van der Waals surface area contributed by atoms with Crippen molar-refractivity contribution in [3.05, 3.63) is 53.5 Å². The zero-order chi connectivity index (χ0) is 28.0. The number of ether oxygens (including phenoxy) is 2. The van der Waals surface area contributed by atoms with E-state index in [0.717, 1.165) is 85.0 Å². The monoisotopic (exact) mass is 544 g/mol. The second-order valence-electron chi connectivity index (χ2n) is 12.4. The molecule has 0 radical (unpaired) electrons. The van der Waals surface area contributed by atoms with Gasteiger partial charge in [0.1, 0.15) is 23.8 Å². The maximum atomic E-state index is 12.5. The average Bonchev–Trinajstić information content (AvgIpc) is 3.53. The molecule has 2 saturated heterocycles. The predicted molar refractivity (Wildman–Crippen MR) is 155 cm³/mol. The fraction of sp³-hybridized carbons (Fsp3) is 0.516. The molecular formula is C31H40N6O3. The number of carbonyl (C=O) groups is 1. The highest BCUT2D eigenvalue weighted by Gasteiger charge is 2.35. The molecule has 3 aliphatic rings. The highest BCUT2D eigenvalue weighted by molar-refractivity contribution is 5.77. The number of likely N-dealkylation sites (tertiary alicyclic amines) is 2. The predicted octanol–water partition coefficient (Wildman–Crippen LogP) is 5.62. The number of amides is 1. The Labute approximate surface area is 236 Å². The number of aromatic nitrogens is 3. The van der Waals surface area contributed by atoms with E-state index in [9.17, 15) is 4.79 Å². The van der Waals surface area contributed by atoms with Crippen LogP contribution in [0.3, 0.4) is 0 Å². The summed E-state index contributed by atoms with van der Waals surface area (Å²) in [5, 5.41) is 7.95. The fourth-order valence-corrected chi connectivity index (χ4v) is 6.30. The van der Waals surface area contributed by atoms with Gasteiger partial charge in [-0.15, -0.1) is 0 Å². The van der Waals surface area contributed by atoms with Crippen molar-refractivity contribution in [1.82, 2.24) is 24.6 Å². The van der Waals surface area contributed by atoms with Crippen molar-refractivity contribution >= 4 is 17.6 Å². The molecule has 3 aromatic rings. The van der Waals surface area contributed by atoms with Crippen LogP contribution in [-0.2, 0) is 18.4 Å². The normalized spacial score (nSPS) is 19.8. The summed E-state index contributed by atoms with van der Waals surface area (Å²) in [6.45, 7) is 12.0. The van der Waals surface area contributed by atoms with Gasteiger partial charge in [-0.05, 0) is 94.8 Å². The molecule has 1 atom stereocenters. The van der Waals surface area contributed by atoms with Crippen molar-refractivity contribution in [3.63, 3.8) is 0 Å². The molecule has 2 fully saturated rings. The number of nitrogens with zero attached hydrogens (tertiary/aromatic N) is 5. The van der Waals surface area contributed by atoms with Gasteiger partial charge < -0.3 is 19.7 Å². The van der Waals surface area contributed by atoms with Gasteiger partial charge in [-0.2, -0.15) is 5.10 Å². The van der Waals surface area contributed by atoms with Gasteiger partial charge in [-0.3, -0.25) is 9.58 Å². The second kappa shape index (κ2) is 10.4. The van der Waals surface area contributed by atoms with Crippen LogP contribution in [0.5, 0.6) is 5.75 Å². The van der Waals surface area contributed by atoms with Crippen LogP contribution in [0.2, 0.25) is 0 Å². The van der Waals surface area contributed by atoms with Crippen molar-refractivity contribution in [2.24, 2.45) is 7.05 Å². The Morgan fingerprint density at radius 3 is 2.67 bits per heavy atom. The first kappa shape index (κ1) is 26.6. The van der Waals surface area contributed by atoms with Gasteiger partial charge >= 0.3 is 6.09 Å². The van der Waals surface area contributed by atoms with E-state index in [1.165, 1.54) is 5.56 Å². The smallest absolute Gasteiger partial charge is 0.410 e. The van der Waals surface area contributed by atoms with Gasteiger partial charge in [0.05, 0.1) is 11.9 Å². The molecule has 0 spiro atoms. The Morgan fingerprint density at radius 1 is 1.15 bits per heavy atom. The summed E-state index contributed by atoms with van der Waals surface area (Å²) in [6.07, 6.45) is 8.76. The van der Waals surface area contributed by atoms with Crippen LogP contribution in [0.1, 0.15) is 62.6 Å². The van der Waals surface area contributed by atoms with Crippen molar-refractivity contribution in [1.29, 1.82) is 0 Å². The quantitative estimate of drug-likeness (QED) is 0.458. The topological polar surface area (TPSA) is 84.8 Å². The molecule has 0 saturated carbocycles. The number of carbonyl (C=O) groups excluding carboxylic acids is 1. The van der Waals surface area contributed by atoms with Crippen molar-refractivity contribution in [3.8, 4) is 16.9 Å². The number of piperidine rings is 1. The lowest BCUT2D eigenvalue weighted by molar-refractivity contribution is 0.0276. The fourth-order valence-electron chi connectivity index (χ4n) is 6.30. The molecular weight excluding hydrogens is 504 g/mol. The minimum absolute atomic E-state index is 0.191. The van der Waals surface area contributed by atoms with Gasteiger partial charge in [0.25, 0.3) is 0 Å². The molecule has 0 bridgehead atoms. The third-order valence-corrected chi connectivity index (χ3v) is 8.31. The van der Waals surface area contributed by atoms with E-state index in [0.29, 0.717) is 18.6 Å². The number of nitrogens with one attached hydrogen (secondary N) is 1. The van der Waals surface area contributed by atoms with Gasteiger partial charge in [0, 0.05) is 49.7 Å². The number of pyridine rings is 1. The van der Waals surface area contributed by atoms with Crippen LogP contribution in [0.25, 0.3) is 11.1 Å². The van der Waals surface area contributed by atoms with Crippen molar-refractivity contribution < 1.29 is 14.3 Å². The summed E-state index contributed by atoms with van der Waals surface area (Å²) in [7, 11) is 1.93. The van der Waals surface area contributed by atoms with Crippen molar-refractivity contribution in [2.45, 2.75) is 71.1 Å². The van der Waals surface area contributed by atoms with Crippen LogP contribution in [-0.4, -0.2) is 68.5 Å². The van der Waals surface area contributed by atoms with E-state index in [1.807, 2.05) is 62.1 Å². The lowest BCUT2D eigenvalue weighted by Crippen LogP contribution is -2.43. The summed E-state index contributed by atoms with van der Waals surface area (Å²) >= 11 is 0. The molecule has 0 aliphatic carbocycles. The Morgan fingerprint density at radius 2 is 1.95 bits per heavy atom. The van der Waals surface area contributed by atoms with E-state index in [-0.39, 0.29) is 6.09 Å². The maximum absolute atomic E-state index is 12.5. The molecule has 1 amide bonds. The number of benzene rings is 1. The number of hydrogen-bond acceptors (Lipinski definition) is 7. The van der Waals surface area contributed by atoms with Crippen LogP contribution in [0.4, 0.5) is 16.3 Å². The summed E-state index contributed by atoms with van der Waals surface area (Å²) in [5.74, 6) is 2.22. The summed E-state index contributed by atoms with van der Waals surface area (Å²) in [5.41, 5.74) is 6.19. The number of anilines is 2. The molecule has 1 unspecified atom stereocenters. The van der Waals surface area contributed by atoms with E-state index in [2.05, 4.69) is 39.4 Å². The zero-order valence-corrected chi connectivity index (χ0v) is 24.2. The first-order valence-electron chi connectivity index (χ1n) is 14.4. The Hall–Kier alpha value is -3.59. The third-order valence-electron chi connectivity index (χ3n) is 8.31. The molecule has 1 N–H and O–H groups in total. The number of hydrogen-bond donors (Lipinski definition) is 1. The maximum Gasteiger partial charge on any atom is 0.410 e. The SMILES string of the molecule is Cc1cc(C2CCN(C3CCN(C(=O)OC(C)(C)C)C3)CC2)cc2c1OCc1c(-c3cnn(C)c3)ccnc1N2. The first-order chi connectivity index (χ1) is 19.1. The van der Waals surface area contributed by atoms with E-state index < -0.39 is 5.60 Å². The van der Waals surface area contributed by atoms with Crippen LogP contribution in [0.15, 0.2) is 36.8 Å². The van der Waals surface area contributed by atoms with E-state index in [1.54, 1.807) is 0 Å². The van der Waals surface area contributed by atoms with Crippen LogP contribution < -0.4 is 10.1 Å². The Kier molecular flexibility index (Phi) is 6.94.